The molecule has 29 heteroatoms. The maximum absolute atomic E-state index is 13.5. The highest BCUT2D eigenvalue weighted by molar-refractivity contribution is 8.76. The third-order valence-electron chi connectivity index (χ3n) is 7.59. The summed E-state index contributed by atoms with van der Waals surface area (Å²) in [5.74, 6) is 5.45. The van der Waals surface area contributed by atoms with Gasteiger partial charge in [-0.25, -0.2) is 23.3 Å². The van der Waals surface area contributed by atoms with Gasteiger partial charge < -0.3 is 50.2 Å². The summed E-state index contributed by atoms with van der Waals surface area (Å²) in [5, 5.41) is 9.31. The lowest BCUT2D eigenvalue weighted by molar-refractivity contribution is -0.121. The summed E-state index contributed by atoms with van der Waals surface area (Å²) >= 11 is 0. The van der Waals surface area contributed by atoms with Gasteiger partial charge in [-0.2, -0.15) is 13.6 Å². The normalized spacial score (nSPS) is 19.0. The van der Waals surface area contributed by atoms with E-state index in [0.29, 0.717) is 25.4 Å². The molecule has 24 nitrogen and oxygen atoms in total. The van der Waals surface area contributed by atoms with E-state index in [-0.39, 0.29) is 47.8 Å². The Labute approximate surface area is 345 Å². The molecule has 2 heterocycles. The summed E-state index contributed by atoms with van der Waals surface area (Å²) in [6.07, 6.45) is -1.87. The number of nitrogens with two attached hydrogens (primary N) is 1. The van der Waals surface area contributed by atoms with E-state index in [1.165, 1.54) is 31.3 Å². The molecule has 6 atom stereocenters. The highest BCUT2D eigenvalue weighted by Gasteiger charge is 2.44. The fraction of sp³-hybridized carbons (Fsp3) is 0.533. The molecule has 0 radical (unpaired) electrons. The number of aromatic nitrogens is 2. The number of rotatable bonds is 24. The second kappa shape index (κ2) is 24.2. The number of phosphoric ester groups is 1. The molecule has 0 saturated carbocycles. The minimum absolute atomic E-state index is 0.0346. The monoisotopic (exact) mass is 928 g/mol. The van der Waals surface area contributed by atoms with Crippen LogP contribution in [0.4, 0.5) is 5.82 Å². The zero-order valence-electron chi connectivity index (χ0n) is 31.4. The van der Waals surface area contributed by atoms with Gasteiger partial charge in [-0.15, -0.1) is 0 Å². The number of esters is 1. The van der Waals surface area contributed by atoms with Crippen molar-refractivity contribution in [2.75, 3.05) is 50.8 Å². The quantitative estimate of drug-likeness (QED) is 0.00914. The predicted molar refractivity (Wildman–Crippen MR) is 213 cm³/mol. The molecule has 1 aliphatic rings. The lowest BCUT2D eigenvalue weighted by Crippen LogP contribution is -2.31. The number of ether oxygens (including phenoxy) is 3. The van der Waals surface area contributed by atoms with Crippen molar-refractivity contribution in [2.45, 2.75) is 57.1 Å². The molecule has 4 unspecified atom stereocenters. The number of nitrogen functional groups attached to an aromatic ring is 1. The van der Waals surface area contributed by atoms with Crippen molar-refractivity contribution in [1.82, 2.24) is 20.2 Å². The van der Waals surface area contributed by atoms with Crippen LogP contribution in [0.2, 0.25) is 0 Å². The number of nitrogens with zero attached hydrogens (tertiary/aromatic N) is 5. The van der Waals surface area contributed by atoms with E-state index in [0.717, 1.165) is 16.9 Å². The van der Waals surface area contributed by atoms with E-state index in [4.69, 9.17) is 39.8 Å². The number of phosphoric acid groups is 3. The molecule has 0 spiro atoms. The van der Waals surface area contributed by atoms with Crippen molar-refractivity contribution in [2.24, 2.45) is 5.11 Å². The third kappa shape index (κ3) is 18.1. The highest BCUT2D eigenvalue weighted by atomic mass is 33.1. The van der Waals surface area contributed by atoms with Crippen LogP contribution in [0.25, 0.3) is 10.4 Å². The van der Waals surface area contributed by atoms with E-state index in [1.807, 2.05) is 7.05 Å². The van der Waals surface area contributed by atoms with Crippen LogP contribution in [-0.4, -0.2) is 98.3 Å². The van der Waals surface area contributed by atoms with Crippen molar-refractivity contribution < 1.29 is 70.2 Å². The first-order chi connectivity index (χ1) is 27.8. The largest absolute Gasteiger partial charge is 0.490 e. The van der Waals surface area contributed by atoms with Crippen molar-refractivity contribution in [3.63, 3.8) is 0 Å². The minimum Gasteiger partial charge on any atom is -0.456 e. The van der Waals surface area contributed by atoms with Gasteiger partial charge in [0.1, 0.15) is 30.2 Å². The van der Waals surface area contributed by atoms with Gasteiger partial charge in [0.15, 0.2) is 0 Å². The zero-order valence-corrected chi connectivity index (χ0v) is 35.7. The summed E-state index contributed by atoms with van der Waals surface area (Å²) in [4.78, 5) is 82.5. The number of hydrogen-bond acceptors (Lipinski definition) is 18. The van der Waals surface area contributed by atoms with Crippen LogP contribution in [-0.2, 0) is 45.8 Å². The number of carbonyl (C=O) groups excluding carboxylic acids is 2. The topological polar surface area (TPSA) is 355 Å². The molecule has 0 bridgehead atoms. The van der Waals surface area contributed by atoms with Gasteiger partial charge in [0.25, 0.3) is 0 Å². The van der Waals surface area contributed by atoms with Gasteiger partial charge in [-0.1, -0.05) is 63.7 Å². The van der Waals surface area contributed by atoms with E-state index in [9.17, 15) is 37.9 Å². The Bertz CT molecular complexity index is 2080. The molecular weight excluding hydrogens is 885 g/mol. The van der Waals surface area contributed by atoms with Crippen LogP contribution in [0.15, 0.2) is 40.4 Å². The fourth-order valence-electron chi connectivity index (χ4n) is 4.98. The Hall–Kier alpha value is -3.30. The molecule has 0 aliphatic carbocycles. The number of amides is 1. The highest BCUT2D eigenvalue weighted by Crippen LogP contribution is 2.66. The van der Waals surface area contributed by atoms with Gasteiger partial charge in [0.05, 0.1) is 30.3 Å². The molecule has 1 saturated heterocycles. The average molecular weight is 929 g/mol. The zero-order chi connectivity index (χ0) is 43.6. The number of benzene rings is 1. The van der Waals surface area contributed by atoms with E-state index >= 15 is 0 Å². The summed E-state index contributed by atoms with van der Waals surface area (Å²) in [5.41, 5.74) is 14.2. The van der Waals surface area contributed by atoms with Gasteiger partial charge in [0, 0.05) is 42.9 Å². The SMILES string of the molecule is CNCCSSCOCCCCC(=O)NCC#Cc1cn([C@H]2CC(OC(=O)c3ccccc3C(C)N=[N+]=[N-])[C@@H](COP(=O)(O)OP(=O)(O)OP(=O)(O)O)O2)c(=O)nc1N. The van der Waals surface area contributed by atoms with Crippen molar-refractivity contribution in [3.8, 4) is 11.8 Å². The average Bonchev–Trinajstić information content (AvgIpc) is 3.54. The molecular formula is C30H43N8O16P3S2. The smallest absolute Gasteiger partial charge is 0.456 e. The Morgan fingerprint density at radius 2 is 1.92 bits per heavy atom. The summed E-state index contributed by atoms with van der Waals surface area (Å²) in [6, 6.07) is 5.15. The second-order valence-corrected chi connectivity index (χ2v) is 18.9. The molecule has 1 amide bonds. The Kier molecular flexibility index (Phi) is 20.6. The molecule has 1 aliphatic heterocycles. The molecule has 1 aromatic carbocycles. The molecule has 59 heavy (non-hydrogen) atoms. The number of nitrogens with one attached hydrogen (secondary N) is 2. The molecule has 1 fully saturated rings. The van der Waals surface area contributed by atoms with Crippen LogP contribution in [0.5, 0.6) is 0 Å². The van der Waals surface area contributed by atoms with Gasteiger partial charge >= 0.3 is 35.1 Å². The standard InChI is InChI=1S/C30H43N8O16P3S2/c1-20(36-37-32)22-9-3-4-10-23(22)29(40)52-24-16-27(51-25(24)18-50-56(45,46)54-57(47,48)53-55(42,43)44)38-17-21(28(31)35-30(38)41)8-7-12-34-26(39)11-5-6-14-49-19-59-58-15-13-33-2/h3-4,9-10,17,20,24-25,27,33H,5-6,11-16,18-19H2,1-2H3,(H,34,39)(H,45,46)(H,47,48)(H2,31,35,41)(H2,42,43,44)/t20?,24?,25-,27-/m1/s1. The number of anilines is 1. The van der Waals surface area contributed by atoms with Crippen molar-refractivity contribution in [1.29, 1.82) is 0 Å². The van der Waals surface area contributed by atoms with Crippen LogP contribution in [0.1, 0.15) is 66.4 Å². The second-order valence-electron chi connectivity index (χ2n) is 12.0. The third-order valence-corrected chi connectivity index (χ3v) is 13.5. The first kappa shape index (κ1) is 50.1. The molecule has 8 N–H and O–H groups in total. The van der Waals surface area contributed by atoms with Crippen molar-refractivity contribution >= 4 is 62.8 Å². The number of hydrogen-bond donors (Lipinski definition) is 7. The molecule has 2 aromatic rings. The van der Waals surface area contributed by atoms with Gasteiger partial charge in [0.2, 0.25) is 5.91 Å². The van der Waals surface area contributed by atoms with Gasteiger partial charge in [-0.3, -0.25) is 13.9 Å². The number of azide groups is 1. The lowest BCUT2D eigenvalue weighted by atomic mass is 10.0. The predicted octanol–water partition coefficient (Wildman–Crippen LogP) is 3.27. The number of carbonyl (C=O) groups is 2. The molecule has 1 aromatic heterocycles. The minimum atomic E-state index is -5.87. The Morgan fingerprint density at radius 3 is 2.63 bits per heavy atom. The Morgan fingerprint density at radius 1 is 1.17 bits per heavy atom. The number of unbranched alkanes of at least 4 members (excludes halogenated alkanes) is 1. The van der Waals surface area contributed by atoms with E-state index < -0.39 is 66.2 Å². The summed E-state index contributed by atoms with van der Waals surface area (Å²) < 4.78 is 65.6. The van der Waals surface area contributed by atoms with Crippen LogP contribution < -0.4 is 22.1 Å². The lowest BCUT2D eigenvalue weighted by Gasteiger charge is -2.21. The molecule has 326 valence electrons. The van der Waals surface area contributed by atoms with E-state index in [1.54, 1.807) is 27.7 Å². The van der Waals surface area contributed by atoms with Crippen molar-refractivity contribution in [3.05, 3.63) is 68.1 Å². The Balaban J connectivity index is 1.72. The fourth-order valence-corrected chi connectivity index (χ4v) is 9.68. The summed E-state index contributed by atoms with van der Waals surface area (Å²) in [6.45, 7) is 1.83. The first-order valence-corrected chi connectivity index (χ1v) is 24.2. The van der Waals surface area contributed by atoms with Crippen LogP contribution in [0, 0.1) is 11.8 Å². The van der Waals surface area contributed by atoms with Crippen LogP contribution >= 0.6 is 45.1 Å². The van der Waals surface area contributed by atoms with Crippen LogP contribution in [0.3, 0.4) is 0 Å². The summed E-state index contributed by atoms with van der Waals surface area (Å²) in [7, 11) is -12.0. The maximum Gasteiger partial charge on any atom is 0.490 e. The first-order valence-electron chi connectivity index (χ1n) is 17.2. The molecule has 3 rings (SSSR count). The van der Waals surface area contributed by atoms with Gasteiger partial charge in [-0.05, 0) is 37.1 Å². The van der Waals surface area contributed by atoms with E-state index in [2.05, 4.69) is 46.1 Å². The maximum atomic E-state index is 13.5.